The van der Waals surface area contributed by atoms with Crippen molar-refractivity contribution in [3.63, 3.8) is 0 Å². The number of hydrogen-bond acceptors (Lipinski definition) is 3. The second kappa shape index (κ2) is 5.93. The second-order valence-corrected chi connectivity index (χ2v) is 6.49. The molecule has 1 atom stereocenters. The van der Waals surface area contributed by atoms with E-state index in [9.17, 15) is 9.18 Å². The van der Waals surface area contributed by atoms with Crippen LogP contribution in [-0.4, -0.2) is 48.2 Å². The van der Waals surface area contributed by atoms with Gasteiger partial charge < -0.3 is 10.0 Å². The fourth-order valence-electron chi connectivity index (χ4n) is 3.37. The molecule has 0 saturated carbocycles. The summed E-state index contributed by atoms with van der Waals surface area (Å²) in [5.74, 6) is -1.59. The SMILES string of the molecule is O=C(O)c1ccc(N2CCCN3CCCC3C2)c(F)c1Br. The van der Waals surface area contributed by atoms with Crippen molar-refractivity contribution in [1.29, 1.82) is 0 Å². The lowest BCUT2D eigenvalue weighted by Gasteiger charge is -2.28. The zero-order valence-corrected chi connectivity index (χ0v) is 13.3. The summed E-state index contributed by atoms with van der Waals surface area (Å²) < 4.78 is 14.6. The van der Waals surface area contributed by atoms with Gasteiger partial charge in [-0.2, -0.15) is 0 Å². The Morgan fingerprint density at radius 1 is 1.29 bits per heavy atom. The molecular formula is C15H18BrFN2O2. The van der Waals surface area contributed by atoms with Crippen LogP contribution in [0.25, 0.3) is 0 Å². The Morgan fingerprint density at radius 3 is 2.81 bits per heavy atom. The zero-order chi connectivity index (χ0) is 15.0. The molecule has 1 N–H and O–H groups in total. The van der Waals surface area contributed by atoms with E-state index in [1.54, 1.807) is 6.07 Å². The highest BCUT2D eigenvalue weighted by Crippen LogP contribution is 2.32. The van der Waals surface area contributed by atoms with Gasteiger partial charge in [0, 0.05) is 25.7 Å². The Bertz CT molecular complexity index is 567. The maximum Gasteiger partial charge on any atom is 0.336 e. The number of benzene rings is 1. The van der Waals surface area contributed by atoms with E-state index in [2.05, 4.69) is 25.7 Å². The van der Waals surface area contributed by atoms with Crippen molar-refractivity contribution in [3.05, 3.63) is 28.0 Å². The van der Waals surface area contributed by atoms with Crippen LogP contribution in [0.1, 0.15) is 29.6 Å². The first kappa shape index (κ1) is 14.8. The number of carboxylic acids is 1. The Labute approximate surface area is 131 Å². The molecule has 0 bridgehead atoms. The molecule has 1 unspecified atom stereocenters. The van der Waals surface area contributed by atoms with E-state index in [0.717, 1.165) is 39.0 Å². The molecule has 0 amide bonds. The molecule has 3 rings (SSSR count). The van der Waals surface area contributed by atoms with Gasteiger partial charge in [0.15, 0.2) is 5.82 Å². The van der Waals surface area contributed by atoms with Crippen LogP contribution in [0.3, 0.4) is 0 Å². The lowest BCUT2D eigenvalue weighted by Crippen LogP contribution is -2.37. The van der Waals surface area contributed by atoms with Gasteiger partial charge in [0.2, 0.25) is 0 Å². The Hall–Kier alpha value is -1.14. The van der Waals surface area contributed by atoms with Crippen LogP contribution in [0.2, 0.25) is 0 Å². The molecule has 2 aliphatic rings. The van der Waals surface area contributed by atoms with Crippen LogP contribution < -0.4 is 4.90 Å². The van der Waals surface area contributed by atoms with E-state index in [1.165, 1.54) is 12.5 Å². The van der Waals surface area contributed by atoms with Crippen molar-refractivity contribution >= 4 is 27.6 Å². The smallest absolute Gasteiger partial charge is 0.336 e. The number of halogens is 2. The summed E-state index contributed by atoms with van der Waals surface area (Å²) in [4.78, 5) is 15.6. The third-order valence-electron chi connectivity index (χ3n) is 4.44. The summed E-state index contributed by atoms with van der Waals surface area (Å²) in [6, 6.07) is 3.56. The van der Waals surface area contributed by atoms with Crippen LogP contribution in [-0.2, 0) is 0 Å². The van der Waals surface area contributed by atoms with Crippen LogP contribution in [0.4, 0.5) is 10.1 Å². The van der Waals surface area contributed by atoms with Crippen molar-refractivity contribution in [1.82, 2.24) is 4.90 Å². The van der Waals surface area contributed by atoms with Gasteiger partial charge in [0.25, 0.3) is 0 Å². The Kier molecular flexibility index (Phi) is 4.17. The molecule has 0 aliphatic carbocycles. The average molecular weight is 357 g/mol. The first-order valence-corrected chi connectivity index (χ1v) is 8.07. The van der Waals surface area contributed by atoms with E-state index in [-0.39, 0.29) is 10.0 Å². The maximum absolute atomic E-state index is 14.5. The van der Waals surface area contributed by atoms with Crippen molar-refractivity contribution in [2.24, 2.45) is 0 Å². The van der Waals surface area contributed by atoms with Crippen molar-refractivity contribution < 1.29 is 14.3 Å². The summed E-state index contributed by atoms with van der Waals surface area (Å²) in [5, 5.41) is 9.04. The molecule has 2 aliphatic heterocycles. The normalized spacial score (nSPS) is 23.0. The van der Waals surface area contributed by atoms with Crippen molar-refractivity contribution in [3.8, 4) is 0 Å². The molecular weight excluding hydrogens is 339 g/mol. The minimum absolute atomic E-state index is 0.0337. The number of rotatable bonds is 2. The standard InChI is InChI=1S/C15H18BrFN2O2/c16-13-11(15(20)21)4-5-12(14(13)17)19-8-2-7-18-6-1-3-10(18)9-19/h4-5,10H,1-3,6-9H2,(H,20,21). The third-order valence-corrected chi connectivity index (χ3v) is 5.21. The van der Waals surface area contributed by atoms with Crippen LogP contribution in [0, 0.1) is 5.82 Å². The molecule has 1 aromatic carbocycles. The quantitative estimate of drug-likeness (QED) is 0.884. The largest absolute Gasteiger partial charge is 0.478 e. The van der Waals surface area contributed by atoms with Crippen molar-refractivity contribution in [2.75, 3.05) is 31.1 Å². The van der Waals surface area contributed by atoms with Crippen LogP contribution in [0.5, 0.6) is 0 Å². The molecule has 2 fully saturated rings. The lowest BCUT2D eigenvalue weighted by atomic mass is 10.1. The minimum atomic E-state index is -1.12. The monoisotopic (exact) mass is 356 g/mol. The lowest BCUT2D eigenvalue weighted by molar-refractivity contribution is 0.0695. The topological polar surface area (TPSA) is 43.8 Å². The molecule has 21 heavy (non-hydrogen) atoms. The van der Waals surface area contributed by atoms with Gasteiger partial charge in [-0.3, -0.25) is 4.90 Å². The third kappa shape index (κ3) is 2.79. The summed E-state index contributed by atoms with van der Waals surface area (Å²) in [6.07, 6.45) is 3.38. The van der Waals surface area contributed by atoms with E-state index in [0.29, 0.717) is 11.7 Å². The number of aromatic carboxylic acids is 1. The van der Waals surface area contributed by atoms with Gasteiger partial charge in [0.05, 0.1) is 15.7 Å². The molecule has 1 aromatic rings. The van der Waals surface area contributed by atoms with Crippen LogP contribution in [0.15, 0.2) is 16.6 Å². The van der Waals surface area contributed by atoms with E-state index < -0.39 is 11.8 Å². The zero-order valence-electron chi connectivity index (χ0n) is 11.7. The highest BCUT2D eigenvalue weighted by molar-refractivity contribution is 9.10. The van der Waals surface area contributed by atoms with Gasteiger partial charge in [-0.05, 0) is 53.9 Å². The predicted molar refractivity (Wildman–Crippen MR) is 82.5 cm³/mol. The molecule has 114 valence electrons. The van der Waals surface area contributed by atoms with Gasteiger partial charge in [-0.15, -0.1) is 0 Å². The highest BCUT2D eigenvalue weighted by atomic mass is 79.9. The van der Waals surface area contributed by atoms with Gasteiger partial charge in [-0.1, -0.05) is 0 Å². The number of hydrogen-bond donors (Lipinski definition) is 1. The molecule has 0 aromatic heterocycles. The molecule has 6 heteroatoms. The molecule has 2 saturated heterocycles. The average Bonchev–Trinajstić information content (AvgIpc) is 2.79. The predicted octanol–water partition coefficient (Wildman–Crippen LogP) is 2.96. The number of nitrogens with zero attached hydrogens (tertiary/aromatic N) is 2. The molecule has 2 heterocycles. The number of carbonyl (C=O) groups is 1. The summed E-state index contributed by atoms with van der Waals surface area (Å²) in [6.45, 7) is 3.83. The van der Waals surface area contributed by atoms with Crippen molar-refractivity contribution in [2.45, 2.75) is 25.3 Å². The van der Waals surface area contributed by atoms with Gasteiger partial charge in [0.1, 0.15) is 0 Å². The summed E-state index contributed by atoms with van der Waals surface area (Å²) in [7, 11) is 0. The Balaban J connectivity index is 1.89. The Morgan fingerprint density at radius 2 is 2.05 bits per heavy atom. The van der Waals surface area contributed by atoms with Gasteiger partial charge >= 0.3 is 5.97 Å². The maximum atomic E-state index is 14.5. The van der Waals surface area contributed by atoms with Crippen LogP contribution >= 0.6 is 15.9 Å². The number of fused-ring (bicyclic) bond motifs is 1. The fraction of sp³-hybridized carbons (Fsp3) is 0.533. The molecule has 4 nitrogen and oxygen atoms in total. The highest BCUT2D eigenvalue weighted by Gasteiger charge is 2.30. The van der Waals surface area contributed by atoms with Gasteiger partial charge in [-0.25, -0.2) is 9.18 Å². The fourth-order valence-corrected chi connectivity index (χ4v) is 3.88. The molecule has 0 radical (unpaired) electrons. The van der Waals surface area contributed by atoms with E-state index in [4.69, 9.17) is 5.11 Å². The van der Waals surface area contributed by atoms with E-state index in [1.807, 2.05) is 0 Å². The summed E-state index contributed by atoms with van der Waals surface area (Å²) >= 11 is 3.08. The minimum Gasteiger partial charge on any atom is -0.478 e. The first-order chi connectivity index (χ1) is 10.1. The first-order valence-electron chi connectivity index (χ1n) is 7.28. The number of carboxylic acid groups (broad SMARTS) is 1. The molecule has 0 spiro atoms. The van der Waals surface area contributed by atoms with E-state index >= 15 is 0 Å². The second-order valence-electron chi connectivity index (χ2n) is 5.70. The summed E-state index contributed by atoms with van der Waals surface area (Å²) in [5.41, 5.74) is 0.467. The number of anilines is 1.